The summed E-state index contributed by atoms with van der Waals surface area (Å²) in [5.74, 6) is -0.289. The minimum atomic E-state index is -0.505. The molecule has 0 aliphatic carbocycles. The van der Waals surface area contributed by atoms with Crippen molar-refractivity contribution in [3.8, 4) is 0 Å². The molecule has 0 bridgehead atoms. The molecule has 124 valence electrons. The molecule has 0 fully saturated rings. The first-order chi connectivity index (χ1) is 11.5. The van der Waals surface area contributed by atoms with E-state index in [0.29, 0.717) is 13.1 Å². The van der Waals surface area contributed by atoms with E-state index in [1.165, 1.54) is 17.7 Å². The van der Waals surface area contributed by atoms with E-state index in [2.05, 4.69) is 18.2 Å². The summed E-state index contributed by atoms with van der Waals surface area (Å²) in [5, 5.41) is 11.2. The highest BCUT2D eigenvalue weighted by Gasteiger charge is 2.27. The van der Waals surface area contributed by atoms with Crippen molar-refractivity contribution in [1.82, 2.24) is 4.90 Å². The number of carbonyl (C=O) groups is 1. The molecule has 6 nitrogen and oxygen atoms in total. The van der Waals surface area contributed by atoms with Crippen LogP contribution in [0.4, 0.5) is 11.4 Å². The van der Waals surface area contributed by atoms with Crippen LogP contribution in [0.25, 0.3) is 0 Å². The maximum absolute atomic E-state index is 12.8. The van der Waals surface area contributed by atoms with Gasteiger partial charge in [0.2, 0.25) is 0 Å². The Hall–Kier alpha value is -2.89. The smallest absolute Gasteiger partial charge is 0.282 e. The standard InChI is InChI=1S/C18H19N3O3/c1-19(2)15-8-7-13-9-10-20(12-14(13)11-15)18(22)16-5-3-4-6-17(16)21(23)24/h3-8,11H,9-10,12H2,1-2H3. The van der Waals surface area contributed by atoms with E-state index in [1.54, 1.807) is 17.0 Å². The number of fused-ring (bicyclic) bond motifs is 1. The van der Waals surface area contributed by atoms with Gasteiger partial charge in [0, 0.05) is 38.9 Å². The number of hydrogen-bond donors (Lipinski definition) is 0. The second-order valence-electron chi connectivity index (χ2n) is 6.10. The molecule has 0 N–H and O–H groups in total. The molecule has 2 aromatic rings. The number of anilines is 1. The Labute approximate surface area is 140 Å². The molecule has 1 aliphatic rings. The van der Waals surface area contributed by atoms with Crippen molar-refractivity contribution in [2.45, 2.75) is 13.0 Å². The largest absolute Gasteiger partial charge is 0.378 e. The predicted octanol–water partition coefficient (Wildman–Crippen LogP) is 2.86. The van der Waals surface area contributed by atoms with Crippen molar-refractivity contribution in [1.29, 1.82) is 0 Å². The third-order valence-corrected chi connectivity index (χ3v) is 4.34. The third-order valence-electron chi connectivity index (χ3n) is 4.34. The highest BCUT2D eigenvalue weighted by molar-refractivity contribution is 5.98. The monoisotopic (exact) mass is 325 g/mol. The van der Waals surface area contributed by atoms with Gasteiger partial charge in [0.05, 0.1) is 4.92 Å². The van der Waals surface area contributed by atoms with Gasteiger partial charge in [-0.1, -0.05) is 18.2 Å². The summed E-state index contributed by atoms with van der Waals surface area (Å²) in [6, 6.07) is 12.4. The first kappa shape index (κ1) is 16.0. The summed E-state index contributed by atoms with van der Waals surface area (Å²) in [7, 11) is 3.95. The summed E-state index contributed by atoms with van der Waals surface area (Å²) in [6.45, 7) is 1.04. The maximum atomic E-state index is 12.8. The van der Waals surface area contributed by atoms with E-state index in [-0.39, 0.29) is 17.2 Å². The van der Waals surface area contributed by atoms with Gasteiger partial charge in [0.1, 0.15) is 5.56 Å². The van der Waals surface area contributed by atoms with Crippen molar-refractivity contribution in [3.63, 3.8) is 0 Å². The summed E-state index contributed by atoms with van der Waals surface area (Å²) in [6.07, 6.45) is 0.759. The molecule has 0 unspecified atom stereocenters. The van der Waals surface area contributed by atoms with E-state index >= 15 is 0 Å². The number of nitro benzene ring substituents is 1. The number of amides is 1. The lowest BCUT2D eigenvalue weighted by atomic mass is 9.98. The zero-order valence-corrected chi connectivity index (χ0v) is 13.7. The molecule has 0 saturated heterocycles. The van der Waals surface area contributed by atoms with Gasteiger partial charge in [-0.15, -0.1) is 0 Å². The highest BCUT2D eigenvalue weighted by atomic mass is 16.6. The topological polar surface area (TPSA) is 66.7 Å². The van der Waals surface area contributed by atoms with E-state index < -0.39 is 4.92 Å². The molecule has 0 saturated carbocycles. The van der Waals surface area contributed by atoms with Gasteiger partial charge in [-0.3, -0.25) is 14.9 Å². The number of nitro groups is 1. The number of para-hydroxylation sites is 1. The van der Waals surface area contributed by atoms with Gasteiger partial charge < -0.3 is 9.80 Å². The third kappa shape index (κ3) is 2.95. The van der Waals surface area contributed by atoms with E-state index in [0.717, 1.165) is 17.7 Å². The molecule has 0 spiro atoms. The molecular weight excluding hydrogens is 306 g/mol. The lowest BCUT2D eigenvalue weighted by Gasteiger charge is -2.29. The van der Waals surface area contributed by atoms with Crippen LogP contribution in [0.3, 0.4) is 0 Å². The fourth-order valence-corrected chi connectivity index (χ4v) is 2.98. The van der Waals surface area contributed by atoms with Crippen LogP contribution >= 0.6 is 0 Å². The molecule has 0 radical (unpaired) electrons. The average molecular weight is 325 g/mol. The van der Waals surface area contributed by atoms with Crippen molar-refractivity contribution in [3.05, 3.63) is 69.3 Å². The van der Waals surface area contributed by atoms with Crippen LogP contribution < -0.4 is 4.90 Å². The Morgan fingerprint density at radius 2 is 1.92 bits per heavy atom. The normalized spacial score (nSPS) is 13.3. The lowest BCUT2D eigenvalue weighted by molar-refractivity contribution is -0.385. The van der Waals surface area contributed by atoms with Gasteiger partial charge in [-0.05, 0) is 35.7 Å². The Bertz CT molecular complexity index is 802. The molecule has 1 amide bonds. The van der Waals surface area contributed by atoms with Crippen LogP contribution in [0.5, 0.6) is 0 Å². The molecular formula is C18H19N3O3. The number of nitrogens with zero attached hydrogens (tertiary/aromatic N) is 3. The van der Waals surface area contributed by atoms with Crippen LogP contribution in [-0.2, 0) is 13.0 Å². The molecule has 2 aromatic carbocycles. The predicted molar refractivity (Wildman–Crippen MR) is 92.3 cm³/mol. The zero-order valence-electron chi connectivity index (χ0n) is 13.7. The summed E-state index contributed by atoms with van der Waals surface area (Å²) in [5.41, 5.74) is 3.41. The van der Waals surface area contributed by atoms with E-state index in [9.17, 15) is 14.9 Å². The molecule has 24 heavy (non-hydrogen) atoms. The zero-order chi connectivity index (χ0) is 17.3. The Kier molecular flexibility index (Phi) is 4.20. The SMILES string of the molecule is CN(C)c1ccc2c(c1)CN(C(=O)c1ccccc1[N+](=O)[O-])CC2. The Morgan fingerprint density at radius 1 is 1.17 bits per heavy atom. The van der Waals surface area contributed by atoms with Gasteiger partial charge in [0.15, 0.2) is 0 Å². The van der Waals surface area contributed by atoms with Crippen molar-refractivity contribution >= 4 is 17.3 Å². The van der Waals surface area contributed by atoms with Gasteiger partial charge in [-0.25, -0.2) is 0 Å². The first-order valence-electron chi connectivity index (χ1n) is 7.79. The molecule has 3 rings (SSSR count). The van der Waals surface area contributed by atoms with Crippen LogP contribution in [0.1, 0.15) is 21.5 Å². The molecule has 1 aliphatic heterocycles. The number of rotatable bonds is 3. The quantitative estimate of drug-likeness (QED) is 0.643. The fraction of sp³-hybridized carbons (Fsp3) is 0.278. The summed E-state index contributed by atoms with van der Waals surface area (Å²) < 4.78 is 0. The van der Waals surface area contributed by atoms with Crippen LogP contribution in [0.2, 0.25) is 0 Å². The minimum Gasteiger partial charge on any atom is -0.378 e. The summed E-state index contributed by atoms with van der Waals surface area (Å²) in [4.78, 5) is 27.1. The average Bonchev–Trinajstić information content (AvgIpc) is 2.60. The van der Waals surface area contributed by atoms with Gasteiger partial charge in [-0.2, -0.15) is 0 Å². The molecule has 0 atom stereocenters. The molecule has 6 heteroatoms. The second kappa shape index (κ2) is 6.31. The van der Waals surface area contributed by atoms with Crippen molar-refractivity contribution < 1.29 is 9.72 Å². The number of benzene rings is 2. The van der Waals surface area contributed by atoms with Crippen molar-refractivity contribution in [2.24, 2.45) is 0 Å². The second-order valence-corrected chi connectivity index (χ2v) is 6.10. The molecule has 0 aromatic heterocycles. The van der Waals surface area contributed by atoms with Gasteiger partial charge >= 0.3 is 0 Å². The highest BCUT2D eigenvalue weighted by Crippen LogP contribution is 2.26. The number of carbonyl (C=O) groups excluding carboxylic acids is 1. The van der Waals surface area contributed by atoms with E-state index in [1.807, 2.05) is 19.0 Å². The van der Waals surface area contributed by atoms with Crippen LogP contribution in [-0.4, -0.2) is 36.4 Å². The van der Waals surface area contributed by atoms with Crippen LogP contribution in [0, 0.1) is 10.1 Å². The minimum absolute atomic E-state index is 0.143. The van der Waals surface area contributed by atoms with E-state index in [4.69, 9.17) is 0 Å². The Balaban J connectivity index is 1.89. The maximum Gasteiger partial charge on any atom is 0.282 e. The van der Waals surface area contributed by atoms with Crippen molar-refractivity contribution in [2.75, 3.05) is 25.5 Å². The molecule has 1 heterocycles. The van der Waals surface area contributed by atoms with Crippen LogP contribution in [0.15, 0.2) is 42.5 Å². The fourth-order valence-electron chi connectivity index (χ4n) is 2.98. The Morgan fingerprint density at radius 3 is 2.62 bits per heavy atom. The first-order valence-corrected chi connectivity index (χ1v) is 7.79. The van der Waals surface area contributed by atoms with Gasteiger partial charge in [0.25, 0.3) is 11.6 Å². The number of hydrogen-bond acceptors (Lipinski definition) is 4. The lowest BCUT2D eigenvalue weighted by Crippen LogP contribution is -2.36. The summed E-state index contributed by atoms with van der Waals surface area (Å²) >= 11 is 0.